The lowest BCUT2D eigenvalue weighted by Crippen LogP contribution is -1.63. The Kier molecular flexibility index (Phi) is 4.20. The summed E-state index contributed by atoms with van der Waals surface area (Å²) in [4.78, 5) is 0. The van der Waals surface area contributed by atoms with Crippen molar-refractivity contribution in [3.8, 4) is 0 Å². The van der Waals surface area contributed by atoms with Crippen LogP contribution in [0.3, 0.4) is 0 Å². The summed E-state index contributed by atoms with van der Waals surface area (Å²) in [5, 5.41) is 6.95. The summed E-state index contributed by atoms with van der Waals surface area (Å²) in [5.74, 6) is 0. The van der Waals surface area contributed by atoms with Crippen LogP contribution in [-0.2, 0) is 4.57 Å². The van der Waals surface area contributed by atoms with Gasteiger partial charge in [-0.05, 0) is 29.5 Å². The van der Waals surface area contributed by atoms with E-state index in [0.29, 0.717) is 3.46 Å². The van der Waals surface area contributed by atoms with Crippen molar-refractivity contribution in [2.75, 3.05) is 6.14 Å². The zero-order chi connectivity index (χ0) is 7.44. The molecule has 0 bridgehead atoms. The number of rotatable bonds is 3. The molecule has 3 unspecified atom stereocenters. The van der Waals surface area contributed by atoms with E-state index in [9.17, 15) is 4.57 Å². The minimum absolute atomic E-state index is 0.0345. The Labute approximate surface area is 66.3 Å². The Morgan fingerprint density at radius 2 is 2.75 bits per heavy atom. The molecule has 8 heavy (non-hydrogen) atoms. The zero-order valence-electron chi connectivity index (χ0n) is 5.31. The van der Waals surface area contributed by atoms with Gasteiger partial charge in [0, 0.05) is 0 Å². The van der Waals surface area contributed by atoms with Crippen LogP contribution in [0, 0.1) is 5.41 Å². The van der Waals surface area contributed by atoms with Gasteiger partial charge in [-0.2, -0.15) is 0 Å². The van der Waals surface area contributed by atoms with E-state index in [2.05, 4.69) is 0 Å². The first-order valence-electron chi connectivity index (χ1n) is 2.51. The fourth-order valence-electron chi connectivity index (χ4n) is 0.161. The van der Waals surface area contributed by atoms with Crippen molar-refractivity contribution in [3.63, 3.8) is 0 Å². The average molecular weight is 264 g/mol. The van der Waals surface area contributed by atoms with E-state index in [0.717, 1.165) is 0 Å². The molecule has 2 nitrogen and oxygen atoms in total. The van der Waals surface area contributed by atoms with Crippen molar-refractivity contribution in [1.82, 2.24) is 0 Å². The van der Waals surface area contributed by atoms with Gasteiger partial charge in [-0.25, -0.2) is 0 Å². The molecule has 1 N–H and O–H groups in total. The second-order valence-electron chi connectivity index (χ2n) is 1.01. The molecular weight excluding hydrogens is 255 g/mol. The molecule has 0 spiro atoms. The van der Waals surface area contributed by atoms with Crippen molar-refractivity contribution >= 4 is 41.8 Å². The number of halogens is 1. The summed E-state index contributed by atoms with van der Waals surface area (Å²) >= 11 is 1.82. The largest absolute Gasteiger partial charge is 0.358 e. The molecule has 0 saturated carbocycles. The van der Waals surface area contributed by atoms with Crippen LogP contribution >= 0.6 is 38.3 Å². The highest BCUT2D eigenvalue weighted by molar-refractivity contribution is 14.1. The van der Waals surface area contributed by atoms with Gasteiger partial charge in [0.15, 0.2) is 0 Å². The van der Waals surface area contributed by atoms with Crippen LogP contribution in [0.4, 0.5) is 0 Å². The van der Waals surface area contributed by atoms with Crippen molar-refractivity contribution in [2.45, 2.75) is 6.92 Å². The first kappa shape index (κ1) is 7.04. The van der Waals surface area contributed by atoms with Crippen LogP contribution in [0.2, 0.25) is 0 Å². The van der Waals surface area contributed by atoms with E-state index in [1.807, 2.05) is 22.6 Å². The maximum absolute atomic E-state index is 10.8. The van der Waals surface area contributed by atoms with E-state index >= 15 is 0 Å². The predicted molar refractivity (Wildman–Crippen MR) is 48.2 cm³/mol. The van der Waals surface area contributed by atoms with E-state index < -0.39 is 13.6 Å². The van der Waals surface area contributed by atoms with Crippen molar-refractivity contribution in [3.05, 3.63) is 0 Å². The number of hydrogen-bond acceptors (Lipinski definition) is 2. The molecule has 0 aromatic carbocycles. The summed E-state index contributed by atoms with van der Waals surface area (Å²) in [6.45, 7) is 1.59. The molecule has 0 saturated heterocycles. The van der Waals surface area contributed by atoms with Gasteiger partial charge in [0.1, 0.15) is 9.60 Å². The van der Waals surface area contributed by atoms with Gasteiger partial charge in [0.25, 0.3) is 0 Å². The lowest BCUT2D eigenvalue weighted by Gasteiger charge is -1.76. The summed E-state index contributed by atoms with van der Waals surface area (Å²) in [6, 6.07) is 0. The molecule has 0 radical (unpaired) electrons. The molecular formula is C3H7INOP2+. The van der Waals surface area contributed by atoms with Crippen LogP contribution in [0.25, 0.3) is 0 Å². The molecule has 46 valence electrons. The second kappa shape index (κ2) is 4.78. The van der Waals surface area contributed by atoms with Gasteiger partial charge in [-0.15, -0.1) is 0 Å². The van der Waals surface area contributed by atoms with Gasteiger partial charge in [-0.1, -0.05) is 4.57 Å². The second-order valence-corrected chi connectivity index (χ2v) is 6.99. The molecule has 0 fully saturated rings. The van der Waals surface area contributed by atoms with Crippen LogP contribution in [0.5, 0.6) is 0 Å². The third kappa shape index (κ3) is 5.07. The van der Waals surface area contributed by atoms with Gasteiger partial charge in [-0.3, -0.25) is 5.41 Å². The first-order chi connectivity index (χ1) is 4.04. The highest BCUT2D eigenvalue weighted by Crippen LogP contribution is 2.45. The van der Waals surface area contributed by atoms with Crippen LogP contribution in [0.15, 0.2) is 0 Å². The molecule has 0 aliphatic carbocycles. The highest BCUT2D eigenvalue weighted by atomic mass is 127. The third-order valence-electron chi connectivity index (χ3n) is 0.443. The Balaban J connectivity index is 3.64. The monoisotopic (exact) mass is 264 g/mol. The Morgan fingerprint density at radius 1 is 2.25 bits per heavy atom. The normalized spacial score (nSPS) is 18.2. The fraction of sp³-hybridized carbons (Fsp3) is 0.667. The molecule has 0 aromatic heterocycles. The van der Waals surface area contributed by atoms with Crippen LogP contribution in [0.1, 0.15) is 8.29 Å². The molecule has 0 aromatic rings. The summed E-state index contributed by atoms with van der Waals surface area (Å²) in [7, 11) is -1.43. The topological polar surface area (TPSA) is 40.9 Å². The summed E-state index contributed by atoms with van der Waals surface area (Å²) < 4.78 is 18.2. The number of nitrogens with one attached hydrogen (secondary N) is 1. The predicted octanol–water partition coefficient (Wildman–Crippen LogP) is 2.80. The van der Waals surface area contributed by atoms with Gasteiger partial charge < -0.3 is 0 Å². The first-order valence-corrected chi connectivity index (χ1v) is 6.18. The zero-order valence-corrected chi connectivity index (χ0v) is 8.36. The van der Waals surface area contributed by atoms with E-state index in [1.54, 1.807) is 6.92 Å². The molecule has 0 amide bonds. The van der Waals surface area contributed by atoms with E-state index in [1.165, 1.54) is 0 Å². The smallest absolute Gasteiger partial charge is 0.291 e. The minimum atomic E-state index is -1.47. The Bertz CT molecular complexity index is 140. The van der Waals surface area contributed by atoms with Crippen molar-refractivity contribution in [1.29, 1.82) is 5.41 Å². The fourth-order valence-corrected chi connectivity index (χ4v) is 3.59. The van der Waals surface area contributed by atoms with Gasteiger partial charge in [0.2, 0.25) is 8.27 Å². The standard InChI is InChI=1S/C3H7INOP2/c1-2-8(6)7-3(4)5/h5,7H,2H2,1H3/q+1/i2T. The molecule has 0 aliphatic heterocycles. The summed E-state index contributed by atoms with van der Waals surface area (Å²) in [5.41, 5.74) is 0. The van der Waals surface area contributed by atoms with Gasteiger partial charge in [0.05, 0.1) is 1.37 Å². The van der Waals surface area contributed by atoms with Gasteiger partial charge >= 0.3 is 7.49 Å². The Morgan fingerprint density at radius 3 is 2.88 bits per heavy atom. The highest BCUT2D eigenvalue weighted by Gasteiger charge is 2.12. The average Bonchev–Trinajstić information content (AvgIpc) is 1.63. The van der Waals surface area contributed by atoms with Crippen LogP contribution < -0.4 is 0 Å². The van der Waals surface area contributed by atoms with E-state index in [-0.39, 0.29) is 8.27 Å². The molecule has 5 heteroatoms. The lowest BCUT2D eigenvalue weighted by molar-refractivity contribution is 0.596. The quantitative estimate of drug-likeness (QED) is 0.475. The molecule has 3 atom stereocenters. The Hall–Kier alpha value is 0.930. The summed E-state index contributed by atoms with van der Waals surface area (Å²) in [6.07, 6.45) is -0.520. The lowest BCUT2D eigenvalue weighted by atomic mass is 11.0. The molecule has 0 rings (SSSR count). The third-order valence-corrected chi connectivity index (χ3v) is 5.52. The maximum Gasteiger partial charge on any atom is 0.358 e. The van der Waals surface area contributed by atoms with Crippen LogP contribution in [-0.4, -0.2) is 9.60 Å². The SMILES string of the molecule is [3H]C(C)[P+](=O)PC(=N)I. The van der Waals surface area contributed by atoms with E-state index in [4.69, 9.17) is 6.78 Å². The molecule has 0 heterocycles. The molecule has 0 aliphatic rings. The number of hydrogen-bond donors (Lipinski definition) is 1. The maximum atomic E-state index is 10.8. The minimum Gasteiger partial charge on any atom is -0.291 e. The van der Waals surface area contributed by atoms with Crippen molar-refractivity contribution in [2.24, 2.45) is 0 Å². The van der Waals surface area contributed by atoms with Crippen molar-refractivity contribution < 1.29 is 5.94 Å².